The molecule has 122 valence electrons. The minimum Gasteiger partial charge on any atom is -0.371 e. The summed E-state index contributed by atoms with van der Waals surface area (Å²) in [6.45, 7) is 5.89. The van der Waals surface area contributed by atoms with Crippen LogP contribution in [0.5, 0.6) is 0 Å². The molecule has 3 heterocycles. The molecule has 0 radical (unpaired) electrons. The highest BCUT2D eigenvalue weighted by Gasteiger charge is 2.27. The fraction of sp³-hybridized carbons (Fsp3) is 0.632. The molecule has 1 saturated carbocycles. The van der Waals surface area contributed by atoms with E-state index in [1.165, 1.54) is 80.8 Å². The van der Waals surface area contributed by atoms with Gasteiger partial charge >= 0.3 is 0 Å². The zero-order chi connectivity index (χ0) is 15.2. The maximum absolute atomic E-state index is 4.99. The zero-order valence-electron chi connectivity index (χ0n) is 13.9. The predicted molar refractivity (Wildman–Crippen MR) is 94.1 cm³/mol. The third kappa shape index (κ3) is 2.35. The Hall–Kier alpha value is -1.55. The second-order valence-electron chi connectivity index (χ2n) is 7.42. The van der Waals surface area contributed by atoms with Crippen molar-refractivity contribution in [2.45, 2.75) is 51.1 Å². The standard InChI is InChI=1S/C19H26N4/c1-2-10-21(9-1)16-6-7-18-17(14-16)20-19-8-11-22(12-13-23(18)19)15-4-3-5-15/h6-7,14-15H,1-5,8-13H2. The molecule has 2 fully saturated rings. The minimum absolute atomic E-state index is 0.854. The van der Waals surface area contributed by atoms with Crippen LogP contribution in [0, 0.1) is 0 Å². The summed E-state index contributed by atoms with van der Waals surface area (Å²) in [5.41, 5.74) is 3.89. The first-order chi connectivity index (χ1) is 11.4. The van der Waals surface area contributed by atoms with Crippen LogP contribution in [-0.4, -0.2) is 46.7 Å². The Morgan fingerprint density at radius 3 is 2.57 bits per heavy atom. The van der Waals surface area contributed by atoms with Crippen molar-refractivity contribution < 1.29 is 0 Å². The molecule has 1 saturated heterocycles. The number of aromatic nitrogens is 2. The summed E-state index contributed by atoms with van der Waals surface area (Å²) in [6.07, 6.45) is 7.99. The summed E-state index contributed by atoms with van der Waals surface area (Å²) >= 11 is 0. The van der Waals surface area contributed by atoms with Gasteiger partial charge in [-0.3, -0.25) is 4.90 Å². The van der Waals surface area contributed by atoms with E-state index >= 15 is 0 Å². The highest BCUT2D eigenvalue weighted by atomic mass is 15.2. The number of anilines is 1. The van der Waals surface area contributed by atoms with Crippen molar-refractivity contribution >= 4 is 16.7 Å². The van der Waals surface area contributed by atoms with E-state index in [1.54, 1.807) is 0 Å². The number of benzene rings is 1. The van der Waals surface area contributed by atoms with Crippen molar-refractivity contribution in [2.24, 2.45) is 0 Å². The molecule has 1 aromatic heterocycles. The van der Waals surface area contributed by atoms with Crippen molar-refractivity contribution in [1.82, 2.24) is 14.5 Å². The molecule has 0 bridgehead atoms. The van der Waals surface area contributed by atoms with E-state index in [1.807, 2.05) is 0 Å². The van der Waals surface area contributed by atoms with Gasteiger partial charge in [-0.05, 0) is 43.9 Å². The molecule has 1 aromatic carbocycles. The van der Waals surface area contributed by atoms with Crippen LogP contribution < -0.4 is 4.90 Å². The van der Waals surface area contributed by atoms with E-state index in [0.717, 1.165) is 19.0 Å². The predicted octanol–water partition coefficient (Wildman–Crippen LogP) is 3.05. The molecular formula is C19H26N4. The van der Waals surface area contributed by atoms with E-state index < -0.39 is 0 Å². The number of hydrogen-bond donors (Lipinski definition) is 0. The molecule has 2 aromatic rings. The van der Waals surface area contributed by atoms with Gasteiger partial charge in [-0.2, -0.15) is 0 Å². The summed E-state index contributed by atoms with van der Waals surface area (Å²) in [6, 6.07) is 7.77. The Bertz CT molecular complexity index is 709. The molecular weight excluding hydrogens is 284 g/mol. The Kier molecular flexibility index (Phi) is 3.32. The van der Waals surface area contributed by atoms with E-state index in [2.05, 4.69) is 32.6 Å². The van der Waals surface area contributed by atoms with Gasteiger partial charge in [0.2, 0.25) is 0 Å². The topological polar surface area (TPSA) is 24.3 Å². The van der Waals surface area contributed by atoms with Gasteiger partial charge in [-0.25, -0.2) is 4.98 Å². The maximum Gasteiger partial charge on any atom is 0.111 e. The molecule has 0 spiro atoms. The summed E-state index contributed by atoms with van der Waals surface area (Å²) in [4.78, 5) is 10.2. The van der Waals surface area contributed by atoms with E-state index in [-0.39, 0.29) is 0 Å². The number of rotatable bonds is 2. The Labute approximate surface area is 138 Å². The zero-order valence-corrected chi connectivity index (χ0v) is 13.9. The van der Waals surface area contributed by atoms with Crippen LogP contribution in [-0.2, 0) is 13.0 Å². The lowest BCUT2D eigenvalue weighted by Gasteiger charge is -2.36. The normalized spacial score (nSPS) is 23.0. The van der Waals surface area contributed by atoms with E-state index in [4.69, 9.17) is 4.98 Å². The van der Waals surface area contributed by atoms with Crippen LogP contribution in [0.3, 0.4) is 0 Å². The van der Waals surface area contributed by atoms with Gasteiger partial charge in [0.1, 0.15) is 5.82 Å². The lowest BCUT2D eigenvalue weighted by molar-refractivity contribution is 0.130. The highest BCUT2D eigenvalue weighted by molar-refractivity contribution is 5.80. The number of imidazole rings is 1. The quantitative estimate of drug-likeness (QED) is 0.852. The maximum atomic E-state index is 4.99. The first-order valence-corrected chi connectivity index (χ1v) is 9.37. The van der Waals surface area contributed by atoms with Crippen LogP contribution in [0.4, 0.5) is 5.69 Å². The highest BCUT2D eigenvalue weighted by Crippen LogP contribution is 2.29. The Morgan fingerprint density at radius 2 is 1.78 bits per heavy atom. The first kappa shape index (κ1) is 13.8. The first-order valence-electron chi connectivity index (χ1n) is 9.37. The van der Waals surface area contributed by atoms with Gasteiger partial charge < -0.3 is 9.47 Å². The molecule has 2 aliphatic heterocycles. The van der Waals surface area contributed by atoms with Gasteiger partial charge in [0.25, 0.3) is 0 Å². The molecule has 4 nitrogen and oxygen atoms in total. The van der Waals surface area contributed by atoms with Gasteiger partial charge in [0, 0.05) is 50.9 Å². The van der Waals surface area contributed by atoms with Crippen LogP contribution in [0.15, 0.2) is 18.2 Å². The largest absolute Gasteiger partial charge is 0.371 e. The molecule has 0 atom stereocenters. The monoisotopic (exact) mass is 310 g/mol. The van der Waals surface area contributed by atoms with Gasteiger partial charge in [0.05, 0.1) is 11.0 Å². The molecule has 0 amide bonds. The SMILES string of the molecule is c1cc2c(cc1N1CCCC1)nc1n2CCN(C2CCC2)CC1. The van der Waals surface area contributed by atoms with Crippen molar-refractivity contribution in [3.05, 3.63) is 24.0 Å². The molecule has 4 heteroatoms. The van der Waals surface area contributed by atoms with Gasteiger partial charge in [0.15, 0.2) is 0 Å². The minimum atomic E-state index is 0.854. The lowest BCUT2D eigenvalue weighted by Crippen LogP contribution is -2.41. The third-order valence-electron chi connectivity index (χ3n) is 6.11. The second kappa shape index (κ2) is 5.52. The number of nitrogens with zero attached hydrogens (tertiary/aromatic N) is 4. The average molecular weight is 310 g/mol. The van der Waals surface area contributed by atoms with E-state index in [9.17, 15) is 0 Å². The average Bonchev–Trinajstić information content (AvgIpc) is 3.11. The third-order valence-corrected chi connectivity index (χ3v) is 6.11. The van der Waals surface area contributed by atoms with Crippen LogP contribution in [0.25, 0.3) is 11.0 Å². The van der Waals surface area contributed by atoms with Gasteiger partial charge in [-0.1, -0.05) is 6.42 Å². The summed E-state index contributed by atoms with van der Waals surface area (Å²) < 4.78 is 2.47. The van der Waals surface area contributed by atoms with Crippen LogP contribution in [0.2, 0.25) is 0 Å². The fourth-order valence-corrected chi connectivity index (χ4v) is 4.48. The summed E-state index contributed by atoms with van der Waals surface area (Å²) in [5.74, 6) is 1.29. The van der Waals surface area contributed by atoms with Crippen molar-refractivity contribution in [1.29, 1.82) is 0 Å². The van der Waals surface area contributed by atoms with Crippen molar-refractivity contribution in [2.75, 3.05) is 31.1 Å². The molecule has 1 aliphatic carbocycles. The van der Waals surface area contributed by atoms with Crippen molar-refractivity contribution in [3.63, 3.8) is 0 Å². The summed E-state index contributed by atoms with van der Waals surface area (Å²) in [5, 5.41) is 0. The fourth-order valence-electron chi connectivity index (χ4n) is 4.48. The molecule has 23 heavy (non-hydrogen) atoms. The number of hydrogen-bond acceptors (Lipinski definition) is 3. The van der Waals surface area contributed by atoms with Crippen molar-refractivity contribution in [3.8, 4) is 0 Å². The molecule has 0 N–H and O–H groups in total. The molecule has 5 rings (SSSR count). The number of fused-ring (bicyclic) bond motifs is 3. The van der Waals surface area contributed by atoms with Crippen LogP contribution >= 0.6 is 0 Å². The smallest absolute Gasteiger partial charge is 0.111 e. The lowest BCUT2D eigenvalue weighted by atomic mass is 9.91. The summed E-state index contributed by atoms with van der Waals surface area (Å²) in [7, 11) is 0. The molecule has 0 unspecified atom stereocenters. The Morgan fingerprint density at radius 1 is 0.913 bits per heavy atom. The van der Waals surface area contributed by atoms with E-state index in [0.29, 0.717) is 0 Å². The Balaban J connectivity index is 1.43. The van der Waals surface area contributed by atoms with Gasteiger partial charge in [-0.15, -0.1) is 0 Å². The van der Waals surface area contributed by atoms with Crippen LogP contribution in [0.1, 0.15) is 37.9 Å². The second-order valence-corrected chi connectivity index (χ2v) is 7.42. The molecule has 3 aliphatic rings.